The Hall–Kier alpha value is -1.53. The highest BCUT2D eigenvalue weighted by Crippen LogP contribution is 2.21. The van der Waals surface area contributed by atoms with Gasteiger partial charge < -0.3 is 10.3 Å². The van der Waals surface area contributed by atoms with Crippen LogP contribution in [0.4, 0.5) is 5.69 Å². The number of carbonyl (C=O) groups is 1. The van der Waals surface area contributed by atoms with Crippen molar-refractivity contribution in [1.29, 1.82) is 0 Å². The number of rotatable bonds is 3. The Labute approximate surface area is 121 Å². The van der Waals surface area contributed by atoms with Crippen LogP contribution >= 0.6 is 11.8 Å². The Morgan fingerprint density at radius 1 is 1.50 bits per heavy atom. The molecule has 20 heavy (non-hydrogen) atoms. The lowest BCUT2D eigenvalue weighted by Crippen LogP contribution is -2.37. The Balaban J connectivity index is 1.79. The highest BCUT2D eigenvalue weighted by Gasteiger charge is 2.22. The standard InChI is InChI=1S/C14H18N4OS/c1-8(2)13-17-10-4-3-9(5-11(10)18-13)16-14(19)12-6-20-7-15-12/h3-5,8,12,15H,6-7H2,1-2H3,(H,16,19)(H,17,18). The highest BCUT2D eigenvalue weighted by atomic mass is 32.2. The summed E-state index contributed by atoms with van der Waals surface area (Å²) in [7, 11) is 0. The molecule has 1 aromatic heterocycles. The number of fused-ring (bicyclic) bond motifs is 1. The van der Waals surface area contributed by atoms with Crippen LogP contribution in [0.15, 0.2) is 18.2 Å². The first kappa shape index (κ1) is 13.5. The number of carbonyl (C=O) groups excluding carboxylic acids is 1. The third kappa shape index (κ3) is 2.66. The molecule has 3 rings (SSSR count). The van der Waals surface area contributed by atoms with Gasteiger partial charge in [0.1, 0.15) is 5.82 Å². The lowest BCUT2D eigenvalue weighted by atomic mass is 10.2. The minimum absolute atomic E-state index is 0.0259. The van der Waals surface area contributed by atoms with E-state index in [1.54, 1.807) is 11.8 Å². The molecule has 2 heterocycles. The molecular weight excluding hydrogens is 272 g/mol. The molecule has 2 aromatic rings. The van der Waals surface area contributed by atoms with E-state index in [2.05, 4.69) is 34.4 Å². The van der Waals surface area contributed by atoms with Crippen molar-refractivity contribution in [3.63, 3.8) is 0 Å². The SMILES string of the molecule is CC(C)c1nc2ccc(NC(=O)C3CSCN3)cc2[nH]1. The van der Waals surface area contributed by atoms with E-state index >= 15 is 0 Å². The summed E-state index contributed by atoms with van der Waals surface area (Å²) < 4.78 is 0. The van der Waals surface area contributed by atoms with Gasteiger partial charge in [0.05, 0.1) is 17.1 Å². The Kier molecular flexibility index (Phi) is 3.67. The number of aromatic amines is 1. The maximum Gasteiger partial charge on any atom is 0.242 e. The molecule has 0 radical (unpaired) electrons. The van der Waals surface area contributed by atoms with Gasteiger partial charge in [-0.05, 0) is 18.2 Å². The number of nitrogens with one attached hydrogen (secondary N) is 3. The van der Waals surface area contributed by atoms with Crippen LogP contribution in [0.5, 0.6) is 0 Å². The molecule has 1 aliphatic heterocycles. The fraction of sp³-hybridized carbons (Fsp3) is 0.429. The van der Waals surface area contributed by atoms with Gasteiger partial charge in [-0.15, -0.1) is 11.8 Å². The first-order chi connectivity index (χ1) is 9.63. The van der Waals surface area contributed by atoms with E-state index in [1.165, 1.54) is 0 Å². The van der Waals surface area contributed by atoms with E-state index in [-0.39, 0.29) is 11.9 Å². The van der Waals surface area contributed by atoms with Crippen molar-refractivity contribution in [3.05, 3.63) is 24.0 Å². The molecule has 3 N–H and O–H groups in total. The second-order valence-corrected chi connectivity index (χ2v) is 6.30. The predicted octanol–water partition coefficient (Wildman–Crippen LogP) is 2.29. The summed E-state index contributed by atoms with van der Waals surface area (Å²) in [6, 6.07) is 5.68. The molecule has 0 aliphatic carbocycles. The summed E-state index contributed by atoms with van der Waals surface area (Å²) in [5, 5.41) is 6.12. The molecule has 0 saturated carbocycles. The summed E-state index contributed by atoms with van der Waals surface area (Å²) in [6.07, 6.45) is 0. The van der Waals surface area contributed by atoms with Crippen LogP contribution in [0.1, 0.15) is 25.6 Å². The number of thioether (sulfide) groups is 1. The number of hydrogen-bond donors (Lipinski definition) is 3. The van der Waals surface area contributed by atoms with E-state index in [9.17, 15) is 4.79 Å². The largest absolute Gasteiger partial charge is 0.342 e. The quantitative estimate of drug-likeness (QED) is 0.811. The molecule has 1 aromatic carbocycles. The van der Waals surface area contributed by atoms with Gasteiger partial charge in [0.15, 0.2) is 0 Å². The summed E-state index contributed by atoms with van der Waals surface area (Å²) in [4.78, 5) is 19.9. The van der Waals surface area contributed by atoms with Crippen molar-refractivity contribution in [2.24, 2.45) is 0 Å². The average Bonchev–Trinajstić information content (AvgIpc) is 3.07. The van der Waals surface area contributed by atoms with Crippen LogP contribution in [0, 0.1) is 0 Å². The van der Waals surface area contributed by atoms with E-state index in [1.807, 2.05) is 18.2 Å². The minimum atomic E-state index is -0.0938. The van der Waals surface area contributed by atoms with Crippen LogP contribution in [0.3, 0.4) is 0 Å². The van der Waals surface area contributed by atoms with Crippen LogP contribution in [0.25, 0.3) is 11.0 Å². The van der Waals surface area contributed by atoms with Gasteiger partial charge in [-0.1, -0.05) is 13.8 Å². The van der Waals surface area contributed by atoms with Gasteiger partial charge in [0.25, 0.3) is 0 Å². The monoisotopic (exact) mass is 290 g/mol. The number of amides is 1. The van der Waals surface area contributed by atoms with Crippen LogP contribution in [0.2, 0.25) is 0 Å². The van der Waals surface area contributed by atoms with Gasteiger partial charge in [-0.25, -0.2) is 4.98 Å². The first-order valence-corrected chi connectivity index (χ1v) is 7.90. The topological polar surface area (TPSA) is 69.8 Å². The lowest BCUT2D eigenvalue weighted by Gasteiger charge is -2.10. The second-order valence-electron chi connectivity index (χ2n) is 5.27. The summed E-state index contributed by atoms with van der Waals surface area (Å²) in [5.41, 5.74) is 2.70. The molecule has 1 unspecified atom stereocenters. The third-order valence-electron chi connectivity index (χ3n) is 3.35. The number of anilines is 1. The third-order valence-corrected chi connectivity index (χ3v) is 4.29. The zero-order chi connectivity index (χ0) is 14.1. The number of H-pyrrole nitrogens is 1. The van der Waals surface area contributed by atoms with Crippen molar-refractivity contribution in [2.75, 3.05) is 16.9 Å². The van der Waals surface area contributed by atoms with E-state index in [0.29, 0.717) is 5.92 Å². The molecule has 1 atom stereocenters. The molecule has 1 saturated heterocycles. The number of benzene rings is 1. The summed E-state index contributed by atoms with van der Waals surface area (Å²) in [6.45, 7) is 4.20. The number of nitrogens with zero attached hydrogens (tertiary/aromatic N) is 1. The van der Waals surface area contributed by atoms with E-state index in [4.69, 9.17) is 0 Å². The molecule has 1 fully saturated rings. The van der Waals surface area contributed by atoms with Crippen molar-refractivity contribution in [2.45, 2.75) is 25.8 Å². The maximum atomic E-state index is 12.1. The van der Waals surface area contributed by atoms with Gasteiger partial charge >= 0.3 is 0 Å². The lowest BCUT2D eigenvalue weighted by molar-refractivity contribution is -0.117. The Morgan fingerprint density at radius 2 is 2.35 bits per heavy atom. The zero-order valence-electron chi connectivity index (χ0n) is 11.6. The van der Waals surface area contributed by atoms with E-state index < -0.39 is 0 Å². The Morgan fingerprint density at radius 3 is 3.05 bits per heavy atom. The smallest absolute Gasteiger partial charge is 0.242 e. The molecule has 0 bridgehead atoms. The summed E-state index contributed by atoms with van der Waals surface area (Å²) in [5.74, 6) is 3.03. The number of imidazole rings is 1. The Bertz CT molecular complexity index is 631. The highest BCUT2D eigenvalue weighted by molar-refractivity contribution is 7.99. The molecule has 1 amide bonds. The first-order valence-electron chi connectivity index (χ1n) is 6.75. The summed E-state index contributed by atoms with van der Waals surface area (Å²) >= 11 is 1.74. The van der Waals surface area contributed by atoms with Crippen LogP contribution in [-0.2, 0) is 4.79 Å². The molecule has 6 heteroatoms. The zero-order valence-corrected chi connectivity index (χ0v) is 12.4. The fourth-order valence-electron chi connectivity index (χ4n) is 2.17. The number of hydrogen-bond acceptors (Lipinski definition) is 4. The molecule has 106 valence electrons. The molecular formula is C14H18N4OS. The molecule has 1 aliphatic rings. The van der Waals surface area contributed by atoms with Gasteiger partial charge in [0.2, 0.25) is 5.91 Å². The van der Waals surface area contributed by atoms with Gasteiger partial charge in [-0.2, -0.15) is 0 Å². The normalized spacial score (nSPS) is 18.9. The molecule has 0 spiro atoms. The van der Waals surface area contributed by atoms with Crippen molar-refractivity contribution >= 4 is 34.4 Å². The van der Waals surface area contributed by atoms with Gasteiger partial charge in [-0.3, -0.25) is 10.1 Å². The fourth-order valence-corrected chi connectivity index (χ4v) is 3.12. The maximum absolute atomic E-state index is 12.1. The van der Waals surface area contributed by atoms with Crippen molar-refractivity contribution in [3.8, 4) is 0 Å². The van der Waals surface area contributed by atoms with Crippen LogP contribution < -0.4 is 10.6 Å². The minimum Gasteiger partial charge on any atom is -0.342 e. The number of aromatic nitrogens is 2. The average molecular weight is 290 g/mol. The van der Waals surface area contributed by atoms with Crippen LogP contribution in [-0.4, -0.2) is 33.5 Å². The van der Waals surface area contributed by atoms with E-state index in [0.717, 1.165) is 34.2 Å². The van der Waals surface area contributed by atoms with Crippen molar-refractivity contribution < 1.29 is 4.79 Å². The van der Waals surface area contributed by atoms with Gasteiger partial charge in [0, 0.05) is 23.2 Å². The molecule has 5 nitrogen and oxygen atoms in total. The second kappa shape index (κ2) is 5.46. The van der Waals surface area contributed by atoms with Crippen molar-refractivity contribution in [1.82, 2.24) is 15.3 Å². The predicted molar refractivity (Wildman–Crippen MR) is 83.1 cm³/mol.